The van der Waals surface area contributed by atoms with Crippen LogP contribution in [-0.2, 0) is 0 Å². The van der Waals surface area contributed by atoms with E-state index in [0.717, 1.165) is 5.69 Å². The molecular formula is C12H17N3O. The average molecular weight is 219 g/mol. The van der Waals surface area contributed by atoms with Gasteiger partial charge in [-0.05, 0) is 38.5 Å². The predicted molar refractivity (Wildman–Crippen MR) is 65.0 cm³/mol. The van der Waals surface area contributed by atoms with Crippen LogP contribution >= 0.6 is 0 Å². The highest BCUT2D eigenvalue weighted by Crippen LogP contribution is 2.21. The Labute approximate surface area is 95.7 Å². The zero-order valence-electron chi connectivity index (χ0n) is 9.62. The summed E-state index contributed by atoms with van der Waals surface area (Å²) in [4.78, 5) is 0. The van der Waals surface area contributed by atoms with Crippen LogP contribution in [0.3, 0.4) is 0 Å². The second kappa shape index (κ2) is 4.86. The number of benzene rings is 1. The van der Waals surface area contributed by atoms with E-state index in [4.69, 9.17) is 16.1 Å². The molecule has 0 bridgehead atoms. The molecule has 0 atom stereocenters. The number of hydrogen-bond acceptors (Lipinski definition) is 4. The van der Waals surface area contributed by atoms with Crippen LogP contribution < -0.4 is 11.1 Å². The van der Waals surface area contributed by atoms with E-state index in [-0.39, 0.29) is 12.1 Å². The molecule has 16 heavy (non-hydrogen) atoms. The van der Waals surface area contributed by atoms with Crippen molar-refractivity contribution in [2.45, 2.75) is 25.8 Å². The van der Waals surface area contributed by atoms with Crippen LogP contribution in [-0.4, -0.2) is 17.3 Å². The van der Waals surface area contributed by atoms with Crippen LogP contribution in [0.4, 0.5) is 11.4 Å². The molecule has 0 spiro atoms. The van der Waals surface area contributed by atoms with Gasteiger partial charge < -0.3 is 16.2 Å². The average Bonchev–Trinajstić information content (AvgIpc) is 2.20. The summed E-state index contributed by atoms with van der Waals surface area (Å²) >= 11 is 0. The number of nitrogens with one attached hydrogen (secondary N) is 1. The molecule has 0 aliphatic heterocycles. The van der Waals surface area contributed by atoms with Gasteiger partial charge in [-0.25, -0.2) is 0 Å². The van der Waals surface area contributed by atoms with Gasteiger partial charge in [-0.2, -0.15) is 5.26 Å². The van der Waals surface area contributed by atoms with E-state index in [2.05, 4.69) is 5.32 Å². The Kier molecular flexibility index (Phi) is 3.75. The van der Waals surface area contributed by atoms with Gasteiger partial charge >= 0.3 is 0 Å². The van der Waals surface area contributed by atoms with Gasteiger partial charge in [-0.3, -0.25) is 0 Å². The third-order valence-corrected chi connectivity index (χ3v) is 2.39. The van der Waals surface area contributed by atoms with Crippen molar-refractivity contribution in [2.24, 2.45) is 0 Å². The molecule has 1 aromatic carbocycles. The molecule has 0 aromatic heterocycles. The van der Waals surface area contributed by atoms with Gasteiger partial charge in [-0.1, -0.05) is 0 Å². The number of nitriles is 1. The molecular weight excluding hydrogens is 202 g/mol. The van der Waals surface area contributed by atoms with Crippen molar-refractivity contribution < 1.29 is 5.11 Å². The maximum absolute atomic E-state index is 8.91. The highest BCUT2D eigenvalue weighted by Gasteiger charge is 2.16. The highest BCUT2D eigenvalue weighted by atomic mass is 16.3. The third-order valence-electron chi connectivity index (χ3n) is 2.39. The van der Waals surface area contributed by atoms with Crippen LogP contribution in [0.5, 0.6) is 0 Å². The zero-order valence-corrected chi connectivity index (χ0v) is 9.62. The van der Waals surface area contributed by atoms with Crippen molar-refractivity contribution in [3.05, 3.63) is 23.8 Å². The standard InChI is InChI=1S/C12H17N3O/c1-12(2,5-6-16)15-10-3-4-11(14)9(7-10)8-13/h3-4,7,15-16H,5-6,14H2,1-2H3. The van der Waals surface area contributed by atoms with E-state index >= 15 is 0 Å². The maximum Gasteiger partial charge on any atom is 0.101 e. The third kappa shape index (κ3) is 3.14. The minimum absolute atomic E-state index is 0.125. The largest absolute Gasteiger partial charge is 0.398 e. The summed E-state index contributed by atoms with van der Waals surface area (Å²) in [6, 6.07) is 7.29. The lowest BCUT2D eigenvalue weighted by atomic mass is 10.0. The van der Waals surface area contributed by atoms with E-state index in [1.54, 1.807) is 12.1 Å². The zero-order chi connectivity index (χ0) is 12.2. The van der Waals surface area contributed by atoms with Gasteiger partial charge in [0.1, 0.15) is 6.07 Å². The molecule has 4 nitrogen and oxygen atoms in total. The van der Waals surface area contributed by atoms with Crippen molar-refractivity contribution in [3.8, 4) is 6.07 Å². The van der Waals surface area contributed by atoms with E-state index in [1.807, 2.05) is 26.0 Å². The molecule has 0 saturated heterocycles. The maximum atomic E-state index is 8.91. The lowest BCUT2D eigenvalue weighted by molar-refractivity contribution is 0.261. The summed E-state index contributed by atoms with van der Waals surface area (Å²) in [5.74, 6) is 0. The first-order valence-electron chi connectivity index (χ1n) is 5.17. The Bertz CT molecular complexity index is 407. The molecule has 0 amide bonds. The lowest BCUT2D eigenvalue weighted by Gasteiger charge is -2.26. The minimum Gasteiger partial charge on any atom is -0.398 e. The Balaban J connectivity index is 2.87. The van der Waals surface area contributed by atoms with Crippen LogP contribution in [0.25, 0.3) is 0 Å². The van der Waals surface area contributed by atoms with Gasteiger partial charge in [0.15, 0.2) is 0 Å². The number of aliphatic hydroxyl groups excluding tert-OH is 1. The smallest absolute Gasteiger partial charge is 0.101 e. The Morgan fingerprint density at radius 2 is 2.19 bits per heavy atom. The van der Waals surface area contributed by atoms with Crippen molar-refractivity contribution >= 4 is 11.4 Å². The van der Waals surface area contributed by atoms with Gasteiger partial charge in [0, 0.05) is 23.5 Å². The summed E-state index contributed by atoms with van der Waals surface area (Å²) in [5.41, 5.74) is 7.20. The number of nitrogens with two attached hydrogens (primary N) is 1. The van der Waals surface area contributed by atoms with Crippen molar-refractivity contribution in [3.63, 3.8) is 0 Å². The van der Waals surface area contributed by atoms with Gasteiger partial charge in [0.25, 0.3) is 0 Å². The monoisotopic (exact) mass is 219 g/mol. The molecule has 4 N–H and O–H groups in total. The number of anilines is 2. The molecule has 1 rings (SSSR count). The molecule has 0 aliphatic carbocycles. The molecule has 1 aromatic rings. The second-order valence-corrected chi connectivity index (χ2v) is 4.40. The van der Waals surface area contributed by atoms with Crippen LogP contribution in [0, 0.1) is 11.3 Å². The minimum atomic E-state index is -0.211. The van der Waals surface area contributed by atoms with Gasteiger partial charge in [0.2, 0.25) is 0 Å². The molecule has 0 saturated carbocycles. The number of rotatable bonds is 4. The second-order valence-electron chi connectivity index (χ2n) is 4.40. The Hall–Kier alpha value is -1.73. The molecule has 0 heterocycles. The molecule has 86 valence electrons. The molecule has 4 heteroatoms. The van der Waals surface area contributed by atoms with E-state index in [9.17, 15) is 0 Å². The summed E-state index contributed by atoms with van der Waals surface area (Å²) in [7, 11) is 0. The number of hydrogen-bond donors (Lipinski definition) is 3. The van der Waals surface area contributed by atoms with Gasteiger partial charge in [-0.15, -0.1) is 0 Å². The molecule has 0 aliphatic rings. The fourth-order valence-corrected chi connectivity index (χ4v) is 1.46. The van der Waals surface area contributed by atoms with E-state index in [1.165, 1.54) is 0 Å². The quantitative estimate of drug-likeness (QED) is 0.673. The summed E-state index contributed by atoms with van der Waals surface area (Å²) in [6.07, 6.45) is 0.638. The fourth-order valence-electron chi connectivity index (χ4n) is 1.46. The number of nitrogens with zero attached hydrogens (tertiary/aromatic N) is 1. The van der Waals surface area contributed by atoms with Crippen molar-refractivity contribution in [1.82, 2.24) is 0 Å². The first kappa shape index (κ1) is 12.3. The fraction of sp³-hybridized carbons (Fsp3) is 0.417. The number of nitrogen functional groups attached to an aromatic ring is 1. The lowest BCUT2D eigenvalue weighted by Crippen LogP contribution is -2.31. The summed E-state index contributed by atoms with van der Waals surface area (Å²) in [6.45, 7) is 4.11. The topological polar surface area (TPSA) is 82.1 Å². The Morgan fingerprint density at radius 1 is 1.50 bits per heavy atom. The Morgan fingerprint density at radius 3 is 2.75 bits per heavy atom. The van der Waals surface area contributed by atoms with Crippen LogP contribution in [0.1, 0.15) is 25.8 Å². The molecule has 0 unspecified atom stereocenters. The summed E-state index contributed by atoms with van der Waals surface area (Å²) < 4.78 is 0. The molecule has 0 fully saturated rings. The van der Waals surface area contributed by atoms with E-state index in [0.29, 0.717) is 17.7 Å². The normalized spacial score (nSPS) is 10.9. The van der Waals surface area contributed by atoms with Gasteiger partial charge in [0.05, 0.1) is 5.56 Å². The highest BCUT2D eigenvalue weighted by molar-refractivity contribution is 5.62. The first-order valence-corrected chi connectivity index (χ1v) is 5.17. The first-order chi connectivity index (χ1) is 7.48. The van der Waals surface area contributed by atoms with Crippen molar-refractivity contribution in [1.29, 1.82) is 5.26 Å². The SMILES string of the molecule is CC(C)(CCO)Nc1ccc(N)c(C#N)c1. The van der Waals surface area contributed by atoms with Crippen LogP contribution in [0.15, 0.2) is 18.2 Å². The molecule has 0 radical (unpaired) electrons. The van der Waals surface area contributed by atoms with Crippen LogP contribution in [0.2, 0.25) is 0 Å². The van der Waals surface area contributed by atoms with Crippen molar-refractivity contribution in [2.75, 3.05) is 17.7 Å². The number of aliphatic hydroxyl groups is 1. The van der Waals surface area contributed by atoms with E-state index < -0.39 is 0 Å². The predicted octanol–water partition coefficient (Wildman–Crippen LogP) is 1.71. The summed E-state index contributed by atoms with van der Waals surface area (Å²) in [5, 5.41) is 21.0.